The van der Waals surface area contributed by atoms with Gasteiger partial charge >= 0.3 is 0 Å². The Morgan fingerprint density at radius 1 is 1.45 bits per heavy atom. The van der Waals surface area contributed by atoms with Crippen LogP contribution >= 0.6 is 0 Å². The molecular formula is C14H19N3O3. The van der Waals surface area contributed by atoms with E-state index in [1.165, 1.54) is 6.07 Å². The minimum Gasteiger partial charge on any atom is -0.385 e. The molecule has 20 heavy (non-hydrogen) atoms. The van der Waals surface area contributed by atoms with Crippen LogP contribution in [-0.2, 0) is 4.79 Å². The molecule has 1 aromatic carbocycles. The summed E-state index contributed by atoms with van der Waals surface area (Å²) in [4.78, 5) is 21.9. The van der Waals surface area contributed by atoms with Crippen molar-refractivity contribution in [3.05, 3.63) is 33.9 Å². The minimum atomic E-state index is -0.385. The molecule has 2 rings (SSSR count). The predicted octanol–water partition coefficient (Wildman–Crippen LogP) is 2.37. The number of nitro groups is 1. The van der Waals surface area contributed by atoms with E-state index in [1.807, 2.05) is 6.07 Å². The van der Waals surface area contributed by atoms with Gasteiger partial charge in [-0.3, -0.25) is 14.9 Å². The molecule has 0 aromatic heterocycles. The molecule has 108 valence electrons. The van der Waals surface area contributed by atoms with E-state index < -0.39 is 0 Å². The number of carbonyl (C=O) groups is 1. The third-order valence-corrected chi connectivity index (χ3v) is 3.26. The smallest absolute Gasteiger partial charge is 0.274 e. The van der Waals surface area contributed by atoms with Crippen LogP contribution in [0.25, 0.3) is 0 Å². The van der Waals surface area contributed by atoms with Crippen LogP contribution in [0.3, 0.4) is 0 Å². The summed E-state index contributed by atoms with van der Waals surface area (Å²) in [6.07, 6.45) is 3.38. The summed E-state index contributed by atoms with van der Waals surface area (Å²) < 4.78 is 0. The van der Waals surface area contributed by atoms with E-state index in [-0.39, 0.29) is 16.5 Å². The van der Waals surface area contributed by atoms with E-state index in [4.69, 9.17) is 0 Å². The van der Waals surface area contributed by atoms with Gasteiger partial charge in [0, 0.05) is 36.3 Å². The zero-order valence-corrected chi connectivity index (χ0v) is 11.5. The van der Waals surface area contributed by atoms with Gasteiger partial charge in [-0.25, -0.2) is 0 Å². The molecule has 0 bridgehead atoms. The Balaban J connectivity index is 1.74. The maximum Gasteiger partial charge on any atom is 0.274 e. The summed E-state index contributed by atoms with van der Waals surface area (Å²) in [6.45, 7) is 2.34. The van der Waals surface area contributed by atoms with Crippen molar-refractivity contribution in [1.82, 2.24) is 5.32 Å². The van der Waals surface area contributed by atoms with Crippen LogP contribution < -0.4 is 10.6 Å². The van der Waals surface area contributed by atoms with Crippen molar-refractivity contribution in [2.24, 2.45) is 0 Å². The lowest BCUT2D eigenvalue weighted by atomic mass is 10.2. The maximum atomic E-state index is 11.5. The van der Waals surface area contributed by atoms with Gasteiger partial charge in [0.25, 0.3) is 5.69 Å². The monoisotopic (exact) mass is 277 g/mol. The quantitative estimate of drug-likeness (QED) is 0.455. The van der Waals surface area contributed by atoms with Crippen LogP contribution in [0.1, 0.15) is 31.2 Å². The molecule has 6 nitrogen and oxygen atoms in total. The van der Waals surface area contributed by atoms with Gasteiger partial charge in [0.2, 0.25) is 5.91 Å². The molecule has 0 spiro atoms. The number of rotatable bonds is 7. The molecule has 0 unspecified atom stereocenters. The third-order valence-electron chi connectivity index (χ3n) is 3.26. The van der Waals surface area contributed by atoms with Gasteiger partial charge in [-0.05, 0) is 32.3 Å². The molecule has 0 atom stereocenters. The first-order chi connectivity index (χ1) is 9.56. The van der Waals surface area contributed by atoms with Crippen LogP contribution in [0.2, 0.25) is 0 Å². The molecular weight excluding hydrogens is 258 g/mol. The van der Waals surface area contributed by atoms with E-state index in [2.05, 4.69) is 10.6 Å². The Morgan fingerprint density at radius 2 is 2.20 bits per heavy atom. The molecule has 1 fully saturated rings. The van der Waals surface area contributed by atoms with Crippen LogP contribution in [-0.4, -0.2) is 23.4 Å². The molecule has 0 saturated heterocycles. The Bertz CT molecular complexity index is 512. The zero-order chi connectivity index (χ0) is 14.5. The summed E-state index contributed by atoms with van der Waals surface area (Å²) in [6, 6.07) is 5.46. The number of nitrogens with zero attached hydrogens (tertiary/aromatic N) is 1. The van der Waals surface area contributed by atoms with Crippen molar-refractivity contribution in [2.45, 2.75) is 38.6 Å². The Hall–Kier alpha value is -2.11. The predicted molar refractivity (Wildman–Crippen MR) is 76.7 cm³/mol. The summed E-state index contributed by atoms with van der Waals surface area (Å²) in [5, 5.41) is 16.9. The first-order valence-corrected chi connectivity index (χ1v) is 6.84. The molecule has 0 aliphatic heterocycles. The number of aryl methyl sites for hydroxylation is 1. The molecule has 1 amide bonds. The molecule has 1 aliphatic carbocycles. The highest BCUT2D eigenvalue weighted by Gasteiger charge is 2.22. The van der Waals surface area contributed by atoms with Gasteiger partial charge in [-0.1, -0.05) is 6.07 Å². The normalized spacial score (nSPS) is 13.8. The number of anilines is 1. The number of nitrogens with one attached hydrogen (secondary N) is 2. The Morgan fingerprint density at radius 3 is 2.85 bits per heavy atom. The average Bonchev–Trinajstić information content (AvgIpc) is 3.20. The second-order valence-electron chi connectivity index (χ2n) is 5.13. The molecule has 0 heterocycles. The van der Waals surface area contributed by atoms with Crippen molar-refractivity contribution in [2.75, 3.05) is 11.9 Å². The topological polar surface area (TPSA) is 84.3 Å². The fourth-order valence-electron chi connectivity index (χ4n) is 1.93. The Labute approximate surface area is 117 Å². The standard InChI is InChI=1S/C14H19N3O3/c1-10-4-5-12(9-13(10)17(19)20)15-8-2-3-14(18)16-11-6-7-11/h4-5,9,11,15H,2-3,6-8H2,1H3,(H,16,18). The van der Waals surface area contributed by atoms with Crippen molar-refractivity contribution in [3.8, 4) is 0 Å². The number of hydrogen-bond acceptors (Lipinski definition) is 4. The average molecular weight is 277 g/mol. The highest BCUT2D eigenvalue weighted by Crippen LogP contribution is 2.22. The highest BCUT2D eigenvalue weighted by atomic mass is 16.6. The lowest BCUT2D eigenvalue weighted by molar-refractivity contribution is -0.385. The molecule has 2 N–H and O–H groups in total. The molecule has 1 aliphatic rings. The van der Waals surface area contributed by atoms with Crippen molar-refractivity contribution in [3.63, 3.8) is 0 Å². The number of hydrogen-bond donors (Lipinski definition) is 2. The third kappa shape index (κ3) is 4.22. The van der Waals surface area contributed by atoms with Crippen LogP contribution in [0.4, 0.5) is 11.4 Å². The highest BCUT2D eigenvalue weighted by molar-refractivity contribution is 5.76. The molecule has 0 radical (unpaired) electrons. The molecule has 1 aromatic rings. The van der Waals surface area contributed by atoms with Gasteiger partial charge in [0.1, 0.15) is 0 Å². The van der Waals surface area contributed by atoms with Crippen molar-refractivity contribution in [1.29, 1.82) is 0 Å². The first-order valence-electron chi connectivity index (χ1n) is 6.84. The number of nitro benzene ring substituents is 1. The maximum absolute atomic E-state index is 11.5. The van der Waals surface area contributed by atoms with Gasteiger partial charge in [0.15, 0.2) is 0 Å². The Kier molecular flexibility index (Phi) is 4.55. The molecule has 6 heteroatoms. The van der Waals surface area contributed by atoms with E-state index in [1.54, 1.807) is 13.0 Å². The van der Waals surface area contributed by atoms with Crippen molar-refractivity contribution < 1.29 is 9.72 Å². The number of benzene rings is 1. The van der Waals surface area contributed by atoms with Crippen molar-refractivity contribution >= 4 is 17.3 Å². The van der Waals surface area contributed by atoms with Crippen LogP contribution in [0.15, 0.2) is 18.2 Å². The minimum absolute atomic E-state index is 0.0872. The van der Waals surface area contributed by atoms with E-state index in [0.29, 0.717) is 36.7 Å². The summed E-state index contributed by atoms with van der Waals surface area (Å²) in [5.41, 5.74) is 1.47. The zero-order valence-electron chi connectivity index (χ0n) is 11.5. The van der Waals surface area contributed by atoms with Gasteiger partial charge in [-0.15, -0.1) is 0 Å². The van der Waals surface area contributed by atoms with Crippen LogP contribution in [0.5, 0.6) is 0 Å². The fourth-order valence-corrected chi connectivity index (χ4v) is 1.93. The number of carbonyl (C=O) groups excluding carboxylic acids is 1. The largest absolute Gasteiger partial charge is 0.385 e. The summed E-state index contributed by atoms with van der Waals surface area (Å²) in [7, 11) is 0. The fraction of sp³-hybridized carbons (Fsp3) is 0.500. The molecule has 1 saturated carbocycles. The van der Waals surface area contributed by atoms with E-state index >= 15 is 0 Å². The lowest BCUT2D eigenvalue weighted by Crippen LogP contribution is -2.25. The second-order valence-corrected chi connectivity index (χ2v) is 5.13. The first kappa shape index (κ1) is 14.3. The summed E-state index contributed by atoms with van der Waals surface area (Å²) >= 11 is 0. The van der Waals surface area contributed by atoms with Gasteiger partial charge in [0.05, 0.1) is 4.92 Å². The number of amides is 1. The van der Waals surface area contributed by atoms with Gasteiger partial charge < -0.3 is 10.6 Å². The lowest BCUT2D eigenvalue weighted by Gasteiger charge is -2.07. The second kappa shape index (κ2) is 6.36. The summed E-state index contributed by atoms with van der Waals surface area (Å²) in [5.74, 6) is 0.0872. The van der Waals surface area contributed by atoms with Crippen LogP contribution in [0, 0.1) is 17.0 Å². The van der Waals surface area contributed by atoms with E-state index in [9.17, 15) is 14.9 Å². The SMILES string of the molecule is Cc1ccc(NCCCC(=O)NC2CC2)cc1[N+](=O)[O-]. The van der Waals surface area contributed by atoms with Gasteiger partial charge in [-0.2, -0.15) is 0 Å². The van der Waals surface area contributed by atoms with E-state index in [0.717, 1.165) is 12.8 Å².